The van der Waals surface area contributed by atoms with Crippen LogP contribution in [-0.2, 0) is 33.2 Å². The van der Waals surface area contributed by atoms with Gasteiger partial charge in [0.25, 0.3) is 0 Å². The molecule has 0 saturated carbocycles. The van der Waals surface area contributed by atoms with Crippen LogP contribution in [0.3, 0.4) is 0 Å². The topological polar surface area (TPSA) is 234 Å². The lowest BCUT2D eigenvalue weighted by Gasteiger charge is -2.44. The van der Waals surface area contributed by atoms with Crippen LogP contribution in [0.5, 0.6) is 0 Å². The zero-order valence-electron chi connectivity index (χ0n) is 16.9. The minimum atomic E-state index is -1.74. The Balaban J connectivity index is 1.60. The molecule has 0 amide bonds. The first-order valence-electron chi connectivity index (χ1n) is 9.78. The summed E-state index contributed by atoms with van der Waals surface area (Å²) >= 11 is 0. The highest BCUT2D eigenvalue weighted by Gasteiger charge is 2.51. The number of carboxylic acid groups (broad SMARTS) is 1. The number of hydrogen-bond donors (Lipinski definition) is 8. The summed E-state index contributed by atoms with van der Waals surface area (Å²) in [5, 5.41) is 79.3. The Bertz CT molecular complexity index is 635. The van der Waals surface area contributed by atoms with Gasteiger partial charge in [0.1, 0.15) is 54.9 Å². The molecule has 0 bridgehead atoms. The molecule has 0 aromatic rings. The van der Waals surface area contributed by atoms with Crippen LogP contribution in [0.15, 0.2) is 0 Å². The maximum Gasteiger partial charge on any atom is 0.335 e. The fourth-order valence-electron chi connectivity index (χ4n) is 3.66. The van der Waals surface area contributed by atoms with Crippen molar-refractivity contribution in [3.05, 3.63) is 0 Å². The van der Waals surface area contributed by atoms with Crippen molar-refractivity contribution in [2.45, 2.75) is 79.9 Å². The van der Waals surface area contributed by atoms with Gasteiger partial charge in [0.05, 0.1) is 13.2 Å². The van der Waals surface area contributed by atoms with Crippen LogP contribution >= 0.6 is 0 Å². The van der Waals surface area contributed by atoms with Crippen molar-refractivity contribution in [3.63, 3.8) is 0 Å². The van der Waals surface area contributed by atoms with E-state index in [-0.39, 0.29) is 6.61 Å². The van der Waals surface area contributed by atoms with E-state index >= 15 is 0 Å². The van der Waals surface area contributed by atoms with Crippen LogP contribution in [0.2, 0.25) is 0 Å². The van der Waals surface area contributed by atoms with Crippen molar-refractivity contribution in [1.82, 2.24) is 0 Å². The number of ether oxygens (including phenoxy) is 6. The van der Waals surface area contributed by atoms with E-state index in [1.807, 2.05) is 0 Å². The molecular weight excluding hydrogens is 444 g/mol. The highest BCUT2D eigenvalue weighted by Crippen LogP contribution is 2.29. The number of rotatable bonds is 6. The zero-order chi connectivity index (χ0) is 23.7. The third-order valence-corrected chi connectivity index (χ3v) is 5.57. The molecule has 32 heavy (non-hydrogen) atoms. The monoisotopic (exact) mass is 472 g/mol. The lowest BCUT2D eigenvalue weighted by molar-refractivity contribution is -0.353. The second kappa shape index (κ2) is 10.5. The molecule has 8 N–H and O–H groups in total. The normalized spacial score (nSPS) is 50.2. The van der Waals surface area contributed by atoms with Gasteiger partial charge >= 0.3 is 5.97 Å². The number of carboxylic acids is 1. The van der Waals surface area contributed by atoms with Crippen molar-refractivity contribution < 1.29 is 74.1 Å². The zero-order valence-corrected chi connectivity index (χ0v) is 16.9. The Morgan fingerprint density at radius 1 is 0.750 bits per heavy atom. The van der Waals surface area contributed by atoms with Crippen LogP contribution < -0.4 is 0 Å². The van der Waals surface area contributed by atoms with Gasteiger partial charge in [-0.05, 0) is 0 Å². The largest absolute Gasteiger partial charge is 0.479 e. The summed E-state index contributed by atoms with van der Waals surface area (Å²) in [7, 11) is 1.13. The molecule has 186 valence electrons. The molecule has 15 nitrogen and oxygen atoms in total. The summed E-state index contributed by atoms with van der Waals surface area (Å²) in [4.78, 5) is 11.4. The van der Waals surface area contributed by atoms with Crippen LogP contribution in [0.25, 0.3) is 0 Å². The smallest absolute Gasteiger partial charge is 0.335 e. The first-order valence-corrected chi connectivity index (χ1v) is 9.78. The number of aliphatic carboxylic acids is 1. The molecule has 15 heteroatoms. The van der Waals surface area contributed by atoms with E-state index in [1.165, 1.54) is 0 Å². The molecule has 0 radical (unpaired) electrons. The first-order chi connectivity index (χ1) is 15.1. The summed E-state index contributed by atoms with van der Waals surface area (Å²) in [6, 6.07) is 0. The second-order valence-electron chi connectivity index (χ2n) is 7.68. The Hall–Kier alpha value is -1.05. The van der Waals surface area contributed by atoms with Gasteiger partial charge in [0.2, 0.25) is 0 Å². The molecule has 0 aliphatic carbocycles. The third kappa shape index (κ3) is 5.05. The Morgan fingerprint density at radius 3 is 1.88 bits per heavy atom. The fraction of sp³-hybridized carbons (Fsp3) is 0.941. The van der Waals surface area contributed by atoms with E-state index < -0.39 is 92.5 Å². The highest BCUT2D eigenvalue weighted by atomic mass is 16.7. The van der Waals surface area contributed by atoms with Gasteiger partial charge in [0.15, 0.2) is 25.0 Å². The summed E-state index contributed by atoms with van der Waals surface area (Å²) in [6.45, 7) is -0.759. The molecule has 3 aliphatic heterocycles. The van der Waals surface area contributed by atoms with Gasteiger partial charge in [0, 0.05) is 7.11 Å². The summed E-state index contributed by atoms with van der Waals surface area (Å²) < 4.78 is 30.9. The lowest BCUT2D eigenvalue weighted by Crippen LogP contribution is -2.64. The minimum Gasteiger partial charge on any atom is -0.479 e. The van der Waals surface area contributed by atoms with Gasteiger partial charge in [-0.25, -0.2) is 4.79 Å². The van der Waals surface area contributed by atoms with Crippen LogP contribution in [0.1, 0.15) is 0 Å². The van der Waals surface area contributed by atoms with E-state index in [2.05, 4.69) is 0 Å². The van der Waals surface area contributed by atoms with Gasteiger partial charge < -0.3 is 69.3 Å². The molecule has 3 heterocycles. The van der Waals surface area contributed by atoms with Crippen LogP contribution in [-0.4, -0.2) is 147 Å². The highest BCUT2D eigenvalue weighted by molar-refractivity contribution is 5.73. The molecule has 1 unspecified atom stereocenters. The maximum atomic E-state index is 11.4. The molecule has 3 fully saturated rings. The molecule has 3 saturated heterocycles. The molecule has 0 spiro atoms. The van der Waals surface area contributed by atoms with Crippen LogP contribution in [0, 0.1) is 0 Å². The van der Waals surface area contributed by atoms with Crippen molar-refractivity contribution >= 4 is 5.97 Å². The van der Waals surface area contributed by atoms with E-state index in [4.69, 9.17) is 28.4 Å². The van der Waals surface area contributed by atoms with E-state index in [0.29, 0.717) is 0 Å². The molecule has 13 atom stereocenters. The number of aliphatic hydroxyl groups excluding tert-OH is 7. The summed E-state index contributed by atoms with van der Waals surface area (Å²) in [6.07, 6.45) is -20.4. The second-order valence-corrected chi connectivity index (χ2v) is 7.68. The third-order valence-electron chi connectivity index (χ3n) is 5.57. The van der Waals surface area contributed by atoms with Gasteiger partial charge in [-0.15, -0.1) is 0 Å². The van der Waals surface area contributed by atoms with E-state index in [9.17, 15) is 45.6 Å². The van der Waals surface area contributed by atoms with Gasteiger partial charge in [-0.3, -0.25) is 0 Å². The van der Waals surface area contributed by atoms with E-state index in [0.717, 1.165) is 7.11 Å². The average Bonchev–Trinajstić information content (AvgIpc) is 2.76. The molecule has 3 rings (SSSR count). The van der Waals surface area contributed by atoms with Crippen molar-refractivity contribution in [2.24, 2.45) is 0 Å². The number of aliphatic hydroxyl groups is 7. The predicted molar refractivity (Wildman–Crippen MR) is 94.6 cm³/mol. The van der Waals surface area contributed by atoms with Crippen molar-refractivity contribution in [2.75, 3.05) is 20.3 Å². The lowest BCUT2D eigenvalue weighted by atomic mass is 9.98. The van der Waals surface area contributed by atoms with Crippen molar-refractivity contribution in [3.8, 4) is 0 Å². The maximum absolute atomic E-state index is 11.4. The molecule has 0 aromatic heterocycles. The predicted octanol–water partition coefficient (Wildman–Crippen LogP) is -5.55. The summed E-state index contributed by atoms with van der Waals surface area (Å²) in [5.74, 6) is -1.48. The van der Waals surface area contributed by atoms with E-state index in [1.54, 1.807) is 0 Å². The average molecular weight is 472 g/mol. The van der Waals surface area contributed by atoms with Gasteiger partial charge in [-0.2, -0.15) is 0 Å². The first kappa shape index (κ1) is 25.6. The number of hydrogen-bond acceptors (Lipinski definition) is 14. The quantitative estimate of drug-likeness (QED) is 0.180. The molecular formula is C17H28O15. The van der Waals surface area contributed by atoms with Crippen LogP contribution in [0.4, 0.5) is 0 Å². The van der Waals surface area contributed by atoms with Crippen molar-refractivity contribution in [1.29, 1.82) is 0 Å². The minimum absolute atomic E-state index is 0.334. The SMILES string of the molecule is CO[C@H]1[C@H](O)[C@@H](O)[C@H](O[C@@H]2CO[C@@H](O[C@@H]3COC(O)[C@H](O)[C@H]3O)[C@H](O)[C@H]2O)O[C@@H]1C(=O)O. The molecule has 3 aliphatic rings. The van der Waals surface area contributed by atoms with Gasteiger partial charge in [-0.1, -0.05) is 0 Å². The Kier molecular flexibility index (Phi) is 8.37. The fourth-order valence-corrected chi connectivity index (χ4v) is 3.66. The number of methoxy groups -OCH3 is 1. The molecule has 0 aromatic carbocycles. The summed E-state index contributed by atoms with van der Waals surface area (Å²) in [5.41, 5.74) is 0. The standard InChI is InChI=1S/C17H28O15/c1-27-12-8(20)11(23)17(32-13(12)14(24)25)31-5-3-29-16(10(22)7(5)19)30-4-2-28-15(26)9(21)6(4)18/h4-13,15-23,26H,2-3H2,1H3,(H,24,25)/t4-,5-,6+,7+,8-,9-,10-,11-,12+,13+,15?,16+,17-/m1/s1. The Morgan fingerprint density at radius 2 is 1.28 bits per heavy atom. The Labute approximate surface area is 181 Å². The number of carbonyl (C=O) groups is 1.